The molecule has 3 N–H and O–H groups in total. The molecular weight excluding hydrogens is 216 g/mol. The van der Waals surface area contributed by atoms with Gasteiger partial charge >= 0.3 is 0 Å². The van der Waals surface area contributed by atoms with E-state index in [2.05, 4.69) is 44.4 Å². The van der Waals surface area contributed by atoms with E-state index in [1.54, 1.807) is 6.33 Å². The van der Waals surface area contributed by atoms with Gasteiger partial charge in [0.1, 0.15) is 5.52 Å². The van der Waals surface area contributed by atoms with E-state index in [9.17, 15) is 0 Å². The number of anilines is 2. The second-order valence-corrected chi connectivity index (χ2v) is 3.85. The minimum Gasteiger partial charge on any atom is -0.368 e. The highest BCUT2D eigenvalue weighted by Crippen LogP contribution is 2.18. The third-order valence-electron chi connectivity index (χ3n) is 2.36. The van der Waals surface area contributed by atoms with E-state index in [4.69, 9.17) is 0 Å². The van der Waals surface area contributed by atoms with E-state index < -0.39 is 0 Å². The van der Waals surface area contributed by atoms with Gasteiger partial charge < -0.3 is 15.6 Å². The first-order valence-corrected chi connectivity index (χ1v) is 6.04. The lowest BCUT2D eigenvalue weighted by Gasteiger charge is -2.08. The van der Waals surface area contributed by atoms with Crippen LogP contribution in [0.15, 0.2) is 6.33 Å². The molecule has 0 fully saturated rings. The van der Waals surface area contributed by atoms with Crippen molar-refractivity contribution in [2.24, 2.45) is 0 Å². The lowest BCUT2D eigenvalue weighted by Crippen LogP contribution is -2.08. The fourth-order valence-electron chi connectivity index (χ4n) is 1.52. The zero-order chi connectivity index (χ0) is 12.1. The van der Waals surface area contributed by atoms with Crippen LogP contribution in [0.3, 0.4) is 0 Å². The van der Waals surface area contributed by atoms with Gasteiger partial charge in [0.15, 0.2) is 11.5 Å². The second kappa shape index (κ2) is 5.47. The van der Waals surface area contributed by atoms with Gasteiger partial charge in [-0.05, 0) is 12.8 Å². The van der Waals surface area contributed by atoms with Crippen molar-refractivity contribution in [1.82, 2.24) is 19.9 Å². The molecule has 0 aliphatic heterocycles. The molecular formula is C11H18N6. The Labute approximate surface area is 100 Å². The highest BCUT2D eigenvalue weighted by atomic mass is 15.2. The normalized spacial score (nSPS) is 10.7. The Bertz CT molecular complexity index is 478. The molecule has 92 valence electrons. The number of nitrogens with one attached hydrogen (secondary N) is 3. The van der Waals surface area contributed by atoms with Crippen molar-refractivity contribution in [2.75, 3.05) is 23.7 Å². The number of nitrogens with zero attached hydrogens (tertiary/aromatic N) is 3. The van der Waals surface area contributed by atoms with Gasteiger partial charge in [-0.25, -0.2) is 4.98 Å². The molecule has 0 atom stereocenters. The number of hydrogen-bond donors (Lipinski definition) is 3. The summed E-state index contributed by atoms with van der Waals surface area (Å²) >= 11 is 0. The van der Waals surface area contributed by atoms with Gasteiger partial charge in [0.05, 0.1) is 6.33 Å². The maximum absolute atomic E-state index is 4.44. The average Bonchev–Trinajstić information content (AvgIpc) is 2.81. The number of fused-ring (bicyclic) bond motifs is 1. The van der Waals surface area contributed by atoms with Crippen LogP contribution in [0.25, 0.3) is 11.2 Å². The fraction of sp³-hybridized carbons (Fsp3) is 0.545. The number of aromatic amines is 1. The van der Waals surface area contributed by atoms with Crippen LogP contribution >= 0.6 is 0 Å². The third-order valence-corrected chi connectivity index (χ3v) is 2.36. The van der Waals surface area contributed by atoms with Gasteiger partial charge in [-0.15, -0.1) is 0 Å². The second-order valence-electron chi connectivity index (χ2n) is 3.85. The summed E-state index contributed by atoms with van der Waals surface area (Å²) < 4.78 is 0. The predicted octanol–water partition coefficient (Wildman–Crippen LogP) is 2.00. The molecule has 6 heteroatoms. The maximum atomic E-state index is 4.44. The molecule has 0 aliphatic carbocycles. The van der Waals surface area contributed by atoms with Gasteiger partial charge in [-0.2, -0.15) is 9.97 Å². The summed E-state index contributed by atoms with van der Waals surface area (Å²) in [7, 11) is 0. The Balaban J connectivity index is 2.29. The molecule has 2 aromatic rings. The zero-order valence-electron chi connectivity index (χ0n) is 10.2. The van der Waals surface area contributed by atoms with Gasteiger partial charge in [0.2, 0.25) is 5.95 Å². The number of imidazole rings is 1. The van der Waals surface area contributed by atoms with E-state index >= 15 is 0 Å². The quantitative estimate of drug-likeness (QED) is 0.712. The Hall–Kier alpha value is -1.85. The minimum atomic E-state index is 0.630. The summed E-state index contributed by atoms with van der Waals surface area (Å²) in [5.74, 6) is 1.44. The molecule has 2 heterocycles. The molecule has 2 aromatic heterocycles. The van der Waals surface area contributed by atoms with Crippen LogP contribution < -0.4 is 10.6 Å². The number of H-pyrrole nitrogens is 1. The van der Waals surface area contributed by atoms with Crippen LogP contribution in [0.5, 0.6) is 0 Å². The Morgan fingerprint density at radius 3 is 2.65 bits per heavy atom. The van der Waals surface area contributed by atoms with Crippen molar-refractivity contribution in [3.63, 3.8) is 0 Å². The monoisotopic (exact) mass is 234 g/mol. The molecule has 0 unspecified atom stereocenters. The number of rotatable bonds is 6. The number of hydrogen-bond acceptors (Lipinski definition) is 5. The summed E-state index contributed by atoms with van der Waals surface area (Å²) in [4.78, 5) is 16.0. The molecule has 6 nitrogen and oxygen atoms in total. The van der Waals surface area contributed by atoms with Gasteiger partial charge in [0, 0.05) is 13.1 Å². The highest BCUT2D eigenvalue weighted by molar-refractivity contribution is 5.83. The Morgan fingerprint density at radius 2 is 1.88 bits per heavy atom. The molecule has 17 heavy (non-hydrogen) atoms. The van der Waals surface area contributed by atoms with Crippen LogP contribution in [0, 0.1) is 0 Å². The first-order chi connectivity index (χ1) is 8.35. The topological polar surface area (TPSA) is 78.5 Å². The first kappa shape index (κ1) is 11.6. The number of aromatic nitrogens is 4. The highest BCUT2D eigenvalue weighted by Gasteiger charge is 2.08. The summed E-state index contributed by atoms with van der Waals surface area (Å²) in [6.07, 6.45) is 3.73. The van der Waals surface area contributed by atoms with Crippen LogP contribution in [0.1, 0.15) is 26.7 Å². The molecule has 0 spiro atoms. The third kappa shape index (κ3) is 2.64. The van der Waals surface area contributed by atoms with Crippen LogP contribution in [-0.4, -0.2) is 33.0 Å². The van der Waals surface area contributed by atoms with Crippen molar-refractivity contribution in [2.45, 2.75) is 26.7 Å². The maximum Gasteiger partial charge on any atom is 0.226 e. The molecule has 0 aliphatic rings. The summed E-state index contributed by atoms with van der Waals surface area (Å²) in [5, 5.41) is 6.45. The van der Waals surface area contributed by atoms with E-state index in [-0.39, 0.29) is 0 Å². The van der Waals surface area contributed by atoms with Crippen molar-refractivity contribution in [3.05, 3.63) is 6.33 Å². The lowest BCUT2D eigenvalue weighted by atomic mass is 10.4. The van der Waals surface area contributed by atoms with Crippen molar-refractivity contribution < 1.29 is 0 Å². The van der Waals surface area contributed by atoms with Crippen molar-refractivity contribution in [3.8, 4) is 0 Å². The van der Waals surface area contributed by atoms with Crippen molar-refractivity contribution in [1.29, 1.82) is 0 Å². The fourth-order valence-corrected chi connectivity index (χ4v) is 1.52. The van der Waals surface area contributed by atoms with E-state index in [1.807, 2.05) is 0 Å². The average molecular weight is 234 g/mol. The van der Waals surface area contributed by atoms with Crippen LogP contribution in [0.4, 0.5) is 11.8 Å². The van der Waals surface area contributed by atoms with E-state index in [1.165, 1.54) is 0 Å². The smallest absolute Gasteiger partial charge is 0.226 e. The summed E-state index contributed by atoms with van der Waals surface area (Å²) in [5.41, 5.74) is 1.55. The van der Waals surface area contributed by atoms with E-state index in [0.717, 1.165) is 37.3 Å². The molecule has 0 saturated heterocycles. The summed E-state index contributed by atoms with van der Waals surface area (Å²) in [6.45, 7) is 5.98. The predicted molar refractivity (Wildman–Crippen MR) is 69.2 cm³/mol. The van der Waals surface area contributed by atoms with Gasteiger partial charge in [-0.3, -0.25) is 0 Å². The molecule has 0 aromatic carbocycles. The SMILES string of the molecule is CCCNc1nc(NCCC)c2[nH]cnc2n1. The summed E-state index contributed by atoms with van der Waals surface area (Å²) in [6, 6.07) is 0. The van der Waals surface area contributed by atoms with Crippen LogP contribution in [-0.2, 0) is 0 Å². The van der Waals surface area contributed by atoms with Crippen molar-refractivity contribution >= 4 is 22.9 Å². The molecule has 0 bridgehead atoms. The minimum absolute atomic E-state index is 0.630. The lowest BCUT2D eigenvalue weighted by molar-refractivity contribution is 0.945. The largest absolute Gasteiger partial charge is 0.368 e. The van der Waals surface area contributed by atoms with Gasteiger partial charge in [0.25, 0.3) is 0 Å². The Morgan fingerprint density at radius 1 is 1.12 bits per heavy atom. The Kier molecular flexibility index (Phi) is 3.74. The standard InChI is InChI=1S/C11H18N6/c1-3-5-12-9-8-10(15-7-14-8)17-11(16-9)13-6-4-2/h7H,3-6H2,1-2H3,(H3,12,13,14,15,16,17). The van der Waals surface area contributed by atoms with Gasteiger partial charge in [-0.1, -0.05) is 13.8 Å². The molecule has 2 rings (SSSR count). The molecule has 0 amide bonds. The molecule has 0 radical (unpaired) electrons. The zero-order valence-corrected chi connectivity index (χ0v) is 10.2. The first-order valence-electron chi connectivity index (χ1n) is 6.04. The van der Waals surface area contributed by atoms with E-state index in [0.29, 0.717) is 11.6 Å². The van der Waals surface area contributed by atoms with Crippen LogP contribution in [0.2, 0.25) is 0 Å². The molecule has 0 saturated carbocycles.